The molecule has 5 nitrogen and oxygen atoms in total. The molecule has 2 aromatic carbocycles. The third kappa shape index (κ3) is 4.66. The van der Waals surface area contributed by atoms with Gasteiger partial charge in [-0.3, -0.25) is 14.5 Å². The van der Waals surface area contributed by atoms with E-state index in [1.54, 1.807) is 0 Å². The number of likely N-dealkylation sites (tertiary alicyclic amines) is 1. The highest BCUT2D eigenvalue weighted by Gasteiger charge is 2.27. The van der Waals surface area contributed by atoms with Gasteiger partial charge < -0.3 is 10.0 Å². The molecular formula is C22H28N2O3. The molecule has 1 atom stereocenters. The third-order valence-corrected chi connectivity index (χ3v) is 5.79. The molecule has 1 saturated heterocycles. The molecular weight excluding hydrogens is 340 g/mol. The third-order valence-electron chi connectivity index (χ3n) is 5.79. The van der Waals surface area contributed by atoms with E-state index in [1.165, 1.54) is 16.3 Å². The van der Waals surface area contributed by atoms with E-state index >= 15 is 0 Å². The van der Waals surface area contributed by atoms with Crippen LogP contribution in [-0.2, 0) is 9.59 Å². The number of fused-ring (bicyclic) bond motifs is 1. The zero-order chi connectivity index (χ0) is 19.4. The molecule has 1 aliphatic rings. The van der Waals surface area contributed by atoms with E-state index in [1.807, 2.05) is 24.1 Å². The molecule has 1 unspecified atom stereocenters. The molecule has 0 aliphatic carbocycles. The number of carboxylic acids is 1. The Morgan fingerprint density at radius 3 is 2.48 bits per heavy atom. The quantitative estimate of drug-likeness (QED) is 0.847. The maximum absolute atomic E-state index is 12.5. The number of amides is 1. The van der Waals surface area contributed by atoms with E-state index in [9.17, 15) is 9.59 Å². The van der Waals surface area contributed by atoms with Crippen molar-refractivity contribution in [3.05, 3.63) is 48.0 Å². The van der Waals surface area contributed by atoms with Gasteiger partial charge in [0, 0.05) is 32.1 Å². The van der Waals surface area contributed by atoms with Crippen molar-refractivity contribution in [2.45, 2.75) is 32.2 Å². The number of rotatable bonds is 6. The summed E-state index contributed by atoms with van der Waals surface area (Å²) in [6, 6.07) is 15.1. The molecule has 144 valence electrons. The summed E-state index contributed by atoms with van der Waals surface area (Å²) >= 11 is 0. The molecule has 0 saturated carbocycles. The summed E-state index contributed by atoms with van der Waals surface area (Å²) in [5.41, 5.74) is 1.24. The smallest absolute Gasteiger partial charge is 0.306 e. The molecule has 3 rings (SSSR count). The number of carbonyl (C=O) groups excluding carboxylic acids is 1. The van der Waals surface area contributed by atoms with E-state index in [0.717, 1.165) is 0 Å². The highest BCUT2D eigenvalue weighted by molar-refractivity contribution is 5.83. The average Bonchev–Trinajstić information content (AvgIpc) is 2.70. The first-order valence-electron chi connectivity index (χ1n) is 9.65. The summed E-state index contributed by atoms with van der Waals surface area (Å²) in [6.07, 6.45) is 1.58. The molecule has 2 aromatic rings. The molecule has 5 heteroatoms. The maximum Gasteiger partial charge on any atom is 0.306 e. The standard InChI is InChI=1S/C22H28N2O3/c1-16(19-8-7-17-5-3-4-6-20(17)15-19)23(2)12-11-21(25)24-13-9-18(10-14-24)22(26)27/h3-8,15-16,18H,9-14H2,1-2H3,(H,26,27). The molecule has 0 bridgehead atoms. The Bertz CT molecular complexity index is 812. The van der Waals surface area contributed by atoms with Crippen LogP contribution >= 0.6 is 0 Å². The first-order chi connectivity index (χ1) is 13.0. The summed E-state index contributed by atoms with van der Waals surface area (Å²) in [7, 11) is 2.05. The van der Waals surface area contributed by atoms with Crippen molar-refractivity contribution in [2.24, 2.45) is 5.92 Å². The SMILES string of the molecule is CC(c1ccc2ccccc2c1)N(C)CCC(=O)N1CCC(C(=O)O)CC1. The number of hydrogen-bond donors (Lipinski definition) is 1. The van der Waals surface area contributed by atoms with Crippen molar-refractivity contribution in [3.63, 3.8) is 0 Å². The van der Waals surface area contributed by atoms with E-state index < -0.39 is 5.97 Å². The summed E-state index contributed by atoms with van der Waals surface area (Å²) in [6.45, 7) is 3.96. The average molecular weight is 368 g/mol. The molecule has 27 heavy (non-hydrogen) atoms. The Morgan fingerprint density at radius 1 is 1.15 bits per heavy atom. The minimum absolute atomic E-state index is 0.122. The van der Waals surface area contributed by atoms with Gasteiger partial charge in [-0.05, 0) is 49.2 Å². The minimum atomic E-state index is -0.744. The largest absolute Gasteiger partial charge is 0.481 e. The molecule has 1 aliphatic heterocycles. The monoisotopic (exact) mass is 368 g/mol. The number of nitrogens with zero attached hydrogens (tertiary/aromatic N) is 2. The van der Waals surface area contributed by atoms with E-state index in [-0.39, 0.29) is 17.9 Å². The number of carboxylic acid groups (broad SMARTS) is 1. The summed E-state index contributed by atoms with van der Waals surface area (Å²) in [4.78, 5) is 27.5. The van der Waals surface area contributed by atoms with Crippen LogP contribution in [-0.4, -0.2) is 53.5 Å². The zero-order valence-electron chi connectivity index (χ0n) is 16.1. The molecule has 1 heterocycles. The Kier molecular flexibility index (Phi) is 6.11. The second-order valence-electron chi connectivity index (χ2n) is 7.51. The first kappa shape index (κ1) is 19.4. The number of hydrogen-bond acceptors (Lipinski definition) is 3. The van der Waals surface area contributed by atoms with Gasteiger partial charge in [-0.2, -0.15) is 0 Å². The number of benzene rings is 2. The van der Waals surface area contributed by atoms with Crippen LogP contribution in [0.2, 0.25) is 0 Å². The Hall–Kier alpha value is -2.40. The van der Waals surface area contributed by atoms with Crippen molar-refractivity contribution < 1.29 is 14.7 Å². The van der Waals surface area contributed by atoms with Crippen molar-refractivity contribution in [1.29, 1.82) is 0 Å². The van der Waals surface area contributed by atoms with Crippen molar-refractivity contribution in [1.82, 2.24) is 9.80 Å². The fraction of sp³-hybridized carbons (Fsp3) is 0.455. The van der Waals surface area contributed by atoms with Crippen LogP contribution in [0, 0.1) is 5.92 Å². The Balaban J connectivity index is 1.52. The highest BCUT2D eigenvalue weighted by atomic mass is 16.4. The van der Waals surface area contributed by atoms with Gasteiger partial charge in [-0.25, -0.2) is 0 Å². The first-order valence-corrected chi connectivity index (χ1v) is 9.65. The second-order valence-corrected chi connectivity index (χ2v) is 7.51. The summed E-state index contributed by atoms with van der Waals surface area (Å²) < 4.78 is 0. The van der Waals surface area contributed by atoms with Gasteiger partial charge in [0.1, 0.15) is 0 Å². The van der Waals surface area contributed by atoms with Crippen LogP contribution in [0.3, 0.4) is 0 Å². The lowest BCUT2D eigenvalue weighted by Gasteiger charge is -2.31. The van der Waals surface area contributed by atoms with Gasteiger partial charge in [-0.1, -0.05) is 36.4 Å². The molecule has 1 N–H and O–H groups in total. The van der Waals surface area contributed by atoms with Crippen LogP contribution in [0.5, 0.6) is 0 Å². The zero-order valence-corrected chi connectivity index (χ0v) is 16.1. The maximum atomic E-state index is 12.5. The van der Waals surface area contributed by atoms with Gasteiger partial charge in [0.15, 0.2) is 0 Å². The molecule has 0 radical (unpaired) electrons. The Labute approximate surface area is 160 Å². The van der Waals surface area contributed by atoms with Crippen LogP contribution in [0.1, 0.15) is 37.8 Å². The predicted molar refractivity (Wildman–Crippen MR) is 107 cm³/mol. The molecule has 1 amide bonds. The fourth-order valence-electron chi connectivity index (χ4n) is 3.72. The lowest BCUT2D eigenvalue weighted by molar-refractivity contribution is -0.145. The van der Waals surface area contributed by atoms with E-state index in [0.29, 0.717) is 38.9 Å². The molecule has 0 aromatic heterocycles. The lowest BCUT2D eigenvalue weighted by atomic mass is 9.97. The molecule has 0 spiro atoms. The van der Waals surface area contributed by atoms with Gasteiger partial charge in [0.05, 0.1) is 5.92 Å². The van der Waals surface area contributed by atoms with Gasteiger partial charge in [-0.15, -0.1) is 0 Å². The van der Waals surface area contributed by atoms with Crippen LogP contribution in [0.15, 0.2) is 42.5 Å². The van der Waals surface area contributed by atoms with Crippen LogP contribution < -0.4 is 0 Å². The Morgan fingerprint density at radius 2 is 1.81 bits per heavy atom. The number of piperidine rings is 1. The van der Waals surface area contributed by atoms with E-state index in [4.69, 9.17) is 5.11 Å². The van der Waals surface area contributed by atoms with Crippen molar-refractivity contribution in [2.75, 3.05) is 26.7 Å². The molecule has 1 fully saturated rings. The lowest BCUT2D eigenvalue weighted by Crippen LogP contribution is -2.41. The fourth-order valence-corrected chi connectivity index (χ4v) is 3.72. The minimum Gasteiger partial charge on any atom is -0.481 e. The van der Waals surface area contributed by atoms with Gasteiger partial charge in [0.2, 0.25) is 5.91 Å². The highest BCUT2D eigenvalue weighted by Crippen LogP contribution is 2.24. The van der Waals surface area contributed by atoms with Gasteiger partial charge >= 0.3 is 5.97 Å². The van der Waals surface area contributed by atoms with Crippen LogP contribution in [0.4, 0.5) is 0 Å². The van der Waals surface area contributed by atoms with Gasteiger partial charge in [0.25, 0.3) is 0 Å². The topological polar surface area (TPSA) is 60.9 Å². The normalized spacial score (nSPS) is 16.6. The van der Waals surface area contributed by atoms with Crippen molar-refractivity contribution in [3.8, 4) is 0 Å². The summed E-state index contributed by atoms with van der Waals surface area (Å²) in [5.74, 6) is -0.924. The second kappa shape index (κ2) is 8.53. The van der Waals surface area contributed by atoms with Crippen LogP contribution in [0.25, 0.3) is 10.8 Å². The van der Waals surface area contributed by atoms with E-state index in [2.05, 4.69) is 42.2 Å². The predicted octanol–water partition coefficient (Wildman–Crippen LogP) is 3.55. The number of aliphatic carboxylic acids is 1. The van der Waals surface area contributed by atoms with Crippen molar-refractivity contribution >= 4 is 22.6 Å². The summed E-state index contributed by atoms with van der Waals surface area (Å²) in [5, 5.41) is 11.5. The number of carbonyl (C=O) groups is 2.